The van der Waals surface area contributed by atoms with Gasteiger partial charge in [-0.3, -0.25) is 9.59 Å². The molecule has 1 N–H and O–H groups in total. The lowest BCUT2D eigenvalue weighted by Crippen LogP contribution is -2.46. The molecule has 1 aliphatic rings. The molecule has 0 radical (unpaired) electrons. The van der Waals surface area contributed by atoms with E-state index in [1.54, 1.807) is 12.0 Å². The number of benzene rings is 3. The van der Waals surface area contributed by atoms with Crippen molar-refractivity contribution in [3.05, 3.63) is 101 Å². The zero-order chi connectivity index (χ0) is 20.9. The zero-order valence-electron chi connectivity index (χ0n) is 16.9. The first-order valence-corrected chi connectivity index (χ1v) is 9.97. The molecule has 0 saturated heterocycles. The number of fused-ring (bicyclic) bond motifs is 1. The number of ether oxygens (including phenoxy) is 1. The minimum atomic E-state index is -0.652. The van der Waals surface area contributed by atoms with E-state index in [4.69, 9.17) is 4.74 Å². The summed E-state index contributed by atoms with van der Waals surface area (Å²) in [6.45, 7) is 0.781. The lowest BCUT2D eigenvalue weighted by Gasteiger charge is -2.36. The monoisotopic (exact) mass is 400 g/mol. The summed E-state index contributed by atoms with van der Waals surface area (Å²) in [4.78, 5) is 27.9. The number of hydrogen-bond acceptors (Lipinski definition) is 3. The minimum Gasteiger partial charge on any atom is -0.497 e. The molecule has 2 amide bonds. The van der Waals surface area contributed by atoms with Crippen molar-refractivity contribution >= 4 is 11.8 Å². The topological polar surface area (TPSA) is 58.6 Å². The highest BCUT2D eigenvalue weighted by Gasteiger charge is 2.36. The van der Waals surface area contributed by atoms with Crippen molar-refractivity contribution in [2.45, 2.75) is 25.6 Å². The molecule has 0 bridgehead atoms. The predicted octanol–water partition coefficient (Wildman–Crippen LogP) is 3.64. The Hall–Kier alpha value is -3.60. The average Bonchev–Trinajstić information content (AvgIpc) is 2.79. The second-order valence-electron chi connectivity index (χ2n) is 7.35. The molecule has 5 nitrogen and oxygen atoms in total. The van der Waals surface area contributed by atoms with Gasteiger partial charge in [-0.05, 0) is 34.4 Å². The molecule has 3 aromatic carbocycles. The van der Waals surface area contributed by atoms with Gasteiger partial charge in [-0.1, -0.05) is 66.7 Å². The number of nitrogens with zero attached hydrogens (tertiary/aromatic N) is 1. The van der Waals surface area contributed by atoms with E-state index in [0.717, 1.165) is 28.0 Å². The minimum absolute atomic E-state index is 0.0397. The Kier molecular flexibility index (Phi) is 5.80. The van der Waals surface area contributed by atoms with Crippen LogP contribution in [0.25, 0.3) is 0 Å². The second kappa shape index (κ2) is 8.82. The number of rotatable bonds is 6. The maximum absolute atomic E-state index is 13.3. The summed E-state index contributed by atoms with van der Waals surface area (Å²) in [6, 6.07) is 24.4. The highest BCUT2D eigenvalue weighted by molar-refractivity contribution is 5.92. The summed E-state index contributed by atoms with van der Waals surface area (Å²) in [5.41, 5.74) is 3.77. The van der Waals surface area contributed by atoms with Gasteiger partial charge in [-0.15, -0.1) is 0 Å². The number of nitrogens with one attached hydrogen (secondary N) is 1. The molecule has 0 aromatic heterocycles. The lowest BCUT2D eigenvalue weighted by molar-refractivity contribution is -0.142. The van der Waals surface area contributed by atoms with Gasteiger partial charge in [0.2, 0.25) is 11.8 Å². The Labute approximate surface area is 176 Å². The van der Waals surface area contributed by atoms with Crippen LogP contribution in [0.3, 0.4) is 0 Å². The average molecular weight is 400 g/mol. The van der Waals surface area contributed by atoms with Crippen LogP contribution in [0.2, 0.25) is 0 Å². The van der Waals surface area contributed by atoms with Crippen LogP contribution in [0, 0.1) is 0 Å². The number of methoxy groups -OCH3 is 1. The fourth-order valence-electron chi connectivity index (χ4n) is 3.81. The normalized spacial score (nSPS) is 15.4. The molecule has 4 rings (SSSR count). The van der Waals surface area contributed by atoms with E-state index in [2.05, 4.69) is 5.32 Å². The van der Waals surface area contributed by atoms with Crippen LogP contribution in [0.5, 0.6) is 5.75 Å². The molecule has 1 atom stereocenters. The molecule has 30 heavy (non-hydrogen) atoms. The maximum Gasteiger partial charge on any atom is 0.247 e. The summed E-state index contributed by atoms with van der Waals surface area (Å²) in [5.74, 6) is 0.551. The molecule has 0 spiro atoms. The van der Waals surface area contributed by atoms with Crippen molar-refractivity contribution in [1.82, 2.24) is 10.2 Å². The first-order valence-electron chi connectivity index (χ1n) is 9.97. The smallest absolute Gasteiger partial charge is 0.247 e. The van der Waals surface area contributed by atoms with Crippen molar-refractivity contribution in [2.75, 3.05) is 7.11 Å². The van der Waals surface area contributed by atoms with Crippen LogP contribution in [0.4, 0.5) is 0 Å². The molecule has 152 valence electrons. The van der Waals surface area contributed by atoms with Gasteiger partial charge in [0.15, 0.2) is 0 Å². The number of amides is 2. The van der Waals surface area contributed by atoms with Crippen molar-refractivity contribution in [2.24, 2.45) is 0 Å². The fraction of sp³-hybridized carbons (Fsp3) is 0.200. The summed E-state index contributed by atoms with van der Waals surface area (Å²) in [5, 5.41) is 3.01. The Morgan fingerprint density at radius 2 is 1.67 bits per heavy atom. The van der Waals surface area contributed by atoms with E-state index in [1.807, 2.05) is 78.9 Å². The third kappa shape index (κ3) is 4.20. The standard InChI is InChI=1S/C25H24N2O3/c1-30-21-13-11-18(12-14-21)16-26-25(29)24-22-10-6-5-9-20(22)15-23(28)27(24)17-19-7-3-2-4-8-19/h2-14,24H,15-17H2,1H3,(H,26,29)/t24-/m0/s1. The number of carbonyl (C=O) groups excluding carboxylic acids is 2. The van der Waals surface area contributed by atoms with E-state index in [-0.39, 0.29) is 11.8 Å². The van der Waals surface area contributed by atoms with Gasteiger partial charge in [0.25, 0.3) is 0 Å². The van der Waals surface area contributed by atoms with Gasteiger partial charge < -0.3 is 15.0 Å². The van der Waals surface area contributed by atoms with Gasteiger partial charge in [0, 0.05) is 13.1 Å². The SMILES string of the molecule is COc1ccc(CNC(=O)[C@@H]2c3ccccc3CC(=O)N2Cc2ccccc2)cc1. The summed E-state index contributed by atoms with van der Waals surface area (Å²) >= 11 is 0. The molecule has 3 aromatic rings. The molecule has 0 fully saturated rings. The van der Waals surface area contributed by atoms with Gasteiger partial charge in [0.05, 0.1) is 13.5 Å². The Bertz CT molecular complexity index is 1030. The molecule has 5 heteroatoms. The van der Waals surface area contributed by atoms with Crippen LogP contribution < -0.4 is 10.1 Å². The van der Waals surface area contributed by atoms with Crippen molar-refractivity contribution in [1.29, 1.82) is 0 Å². The highest BCUT2D eigenvalue weighted by atomic mass is 16.5. The van der Waals surface area contributed by atoms with E-state index >= 15 is 0 Å². The molecule has 1 aliphatic heterocycles. The van der Waals surface area contributed by atoms with Crippen molar-refractivity contribution in [3.63, 3.8) is 0 Å². The van der Waals surface area contributed by atoms with Gasteiger partial charge in [-0.25, -0.2) is 0 Å². The zero-order valence-corrected chi connectivity index (χ0v) is 16.9. The van der Waals surface area contributed by atoms with Crippen LogP contribution >= 0.6 is 0 Å². The Morgan fingerprint density at radius 1 is 0.967 bits per heavy atom. The van der Waals surface area contributed by atoms with Crippen molar-refractivity contribution in [3.8, 4) is 5.75 Å². The van der Waals surface area contributed by atoms with E-state index in [0.29, 0.717) is 19.5 Å². The fourth-order valence-corrected chi connectivity index (χ4v) is 3.81. The predicted molar refractivity (Wildman–Crippen MR) is 115 cm³/mol. The molecule has 0 aliphatic carbocycles. The Morgan fingerprint density at radius 3 is 2.40 bits per heavy atom. The summed E-state index contributed by atoms with van der Waals surface area (Å²) < 4.78 is 5.18. The second-order valence-corrected chi connectivity index (χ2v) is 7.35. The third-order valence-electron chi connectivity index (χ3n) is 5.39. The largest absolute Gasteiger partial charge is 0.497 e. The number of hydrogen-bond donors (Lipinski definition) is 1. The summed E-state index contributed by atoms with van der Waals surface area (Å²) in [6.07, 6.45) is 0.311. The van der Waals surface area contributed by atoms with Crippen LogP contribution in [-0.4, -0.2) is 23.8 Å². The van der Waals surface area contributed by atoms with Gasteiger partial charge in [-0.2, -0.15) is 0 Å². The van der Waals surface area contributed by atoms with E-state index in [1.165, 1.54) is 0 Å². The summed E-state index contributed by atoms with van der Waals surface area (Å²) in [7, 11) is 1.62. The first kappa shape index (κ1) is 19.7. The van der Waals surface area contributed by atoms with E-state index in [9.17, 15) is 9.59 Å². The Balaban J connectivity index is 1.58. The molecular formula is C25H24N2O3. The van der Waals surface area contributed by atoms with Gasteiger partial charge in [0.1, 0.15) is 11.8 Å². The van der Waals surface area contributed by atoms with Crippen LogP contribution in [0.15, 0.2) is 78.9 Å². The quantitative estimate of drug-likeness (QED) is 0.687. The molecule has 1 heterocycles. The number of carbonyl (C=O) groups is 2. The molecular weight excluding hydrogens is 376 g/mol. The molecule has 0 unspecified atom stereocenters. The molecule has 0 saturated carbocycles. The lowest BCUT2D eigenvalue weighted by atomic mass is 9.91. The maximum atomic E-state index is 13.3. The van der Waals surface area contributed by atoms with Crippen LogP contribution in [0.1, 0.15) is 28.3 Å². The highest BCUT2D eigenvalue weighted by Crippen LogP contribution is 2.32. The third-order valence-corrected chi connectivity index (χ3v) is 5.39. The van der Waals surface area contributed by atoms with Crippen LogP contribution in [-0.2, 0) is 29.1 Å². The van der Waals surface area contributed by atoms with Crippen molar-refractivity contribution < 1.29 is 14.3 Å². The first-order chi connectivity index (χ1) is 14.7. The van der Waals surface area contributed by atoms with Gasteiger partial charge >= 0.3 is 0 Å². The van der Waals surface area contributed by atoms with E-state index < -0.39 is 6.04 Å².